The van der Waals surface area contributed by atoms with Crippen LogP contribution in [0, 0.1) is 50.7 Å². The Balaban J connectivity index is 1.17. The molecule has 10 heteroatoms. The highest BCUT2D eigenvalue weighted by atomic mass is 16.7. The number of hydrogen-bond acceptors (Lipinski definition) is 10. The number of carbonyl (C=O) groups is 1. The molecule has 16 atom stereocenters. The highest BCUT2D eigenvalue weighted by molar-refractivity contribution is 5.96. The predicted octanol–water partition coefficient (Wildman–Crippen LogP) is 2.28. The van der Waals surface area contributed by atoms with E-state index in [4.69, 9.17) is 14.2 Å². The molecule has 2 spiro atoms. The van der Waals surface area contributed by atoms with Crippen molar-refractivity contribution in [2.24, 2.45) is 50.7 Å². The van der Waals surface area contributed by atoms with E-state index >= 15 is 0 Å². The first kappa shape index (κ1) is 32.8. The van der Waals surface area contributed by atoms with Gasteiger partial charge in [-0.1, -0.05) is 34.6 Å². The van der Waals surface area contributed by atoms with Crippen LogP contribution in [0.3, 0.4) is 0 Å². The molecule has 0 aromatic heterocycles. The normalized spacial score (nSPS) is 57.6. The van der Waals surface area contributed by atoms with Crippen LogP contribution in [0.4, 0.5) is 0 Å². The maximum atomic E-state index is 14.8. The highest BCUT2D eigenvalue weighted by Gasteiger charge is 2.87. The molecule has 256 valence electrons. The smallest absolute Gasteiger partial charge is 0.231 e. The molecule has 10 nitrogen and oxygen atoms in total. The summed E-state index contributed by atoms with van der Waals surface area (Å²) >= 11 is 0. The molecule has 5 aliphatic carbocycles. The molecule has 7 fully saturated rings. The van der Waals surface area contributed by atoms with Crippen molar-refractivity contribution in [3.63, 3.8) is 0 Å². The lowest BCUT2D eigenvalue weighted by Crippen LogP contribution is -2.60. The largest absolute Gasteiger partial charge is 0.388 e. The van der Waals surface area contributed by atoms with Crippen molar-refractivity contribution in [1.82, 2.24) is 0 Å². The monoisotopic (exact) mass is 636 g/mol. The van der Waals surface area contributed by atoms with Crippen molar-refractivity contribution in [1.29, 1.82) is 0 Å². The number of ketones is 1. The summed E-state index contributed by atoms with van der Waals surface area (Å²) in [7, 11) is 0. The maximum absolute atomic E-state index is 14.8. The fourth-order valence-corrected chi connectivity index (χ4v) is 13.1. The molecule has 0 aromatic rings. The molecule has 7 rings (SSSR count). The Kier molecular flexibility index (Phi) is 7.09. The van der Waals surface area contributed by atoms with Crippen LogP contribution in [0.15, 0.2) is 0 Å². The van der Waals surface area contributed by atoms with Gasteiger partial charge >= 0.3 is 0 Å². The van der Waals surface area contributed by atoms with Crippen molar-refractivity contribution in [3.8, 4) is 0 Å². The predicted molar refractivity (Wildman–Crippen MR) is 161 cm³/mol. The van der Waals surface area contributed by atoms with Crippen molar-refractivity contribution in [2.75, 3.05) is 6.61 Å². The third kappa shape index (κ3) is 3.92. The van der Waals surface area contributed by atoms with Gasteiger partial charge in [0.15, 0.2) is 12.1 Å². The Morgan fingerprint density at radius 3 is 2.27 bits per heavy atom. The molecule has 7 aliphatic rings. The van der Waals surface area contributed by atoms with E-state index in [-0.39, 0.29) is 46.6 Å². The van der Waals surface area contributed by atoms with E-state index in [2.05, 4.69) is 34.6 Å². The van der Waals surface area contributed by atoms with Gasteiger partial charge in [0, 0.05) is 11.3 Å². The maximum Gasteiger partial charge on any atom is 0.231 e. The summed E-state index contributed by atoms with van der Waals surface area (Å²) in [5, 5.41) is 64.5. The van der Waals surface area contributed by atoms with Gasteiger partial charge in [0.2, 0.25) is 5.79 Å². The zero-order valence-electron chi connectivity index (χ0n) is 28.0. The first-order valence-corrected chi connectivity index (χ1v) is 17.4. The molecule has 2 heterocycles. The van der Waals surface area contributed by atoms with Gasteiger partial charge in [-0.15, -0.1) is 0 Å². The Bertz CT molecular complexity index is 1230. The summed E-state index contributed by atoms with van der Waals surface area (Å²) in [6, 6.07) is 0. The fraction of sp³-hybridized carbons (Fsp3) is 0.971. The average molecular weight is 637 g/mol. The number of aliphatic hydroxyl groups is 6. The summed E-state index contributed by atoms with van der Waals surface area (Å²) < 4.78 is 18.3. The topological polar surface area (TPSA) is 166 Å². The van der Waals surface area contributed by atoms with E-state index in [1.807, 2.05) is 0 Å². The minimum absolute atomic E-state index is 0.0116. The second-order valence-corrected chi connectivity index (χ2v) is 18.0. The van der Waals surface area contributed by atoms with Gasteiger partial charge in [-0.2, -0.15) is 0 Å². The zero-order valence-corrected chi connectivity index (χ0v) is 28.0. The third-order valence-electron chi connectivity index (χ3n) is 15.4. The third-order valence-corrected chi connectivity index (χ3v) is 15.4. The van der Waals surface area contributed by atoms with E-state index < -0.39 is 64.9 Å². The van der Waals surface area contributed by atoms with Crippen LogP contribution in [-0.4, -0.2) is 97.3 Å². The lowest BCUT2D eigenvalue weighted by Gasteiger charge is -2.62. The minimum atomic E-state index is -2.01. The van der Waals surface area contributed by atoms with Crippen LogP contribution in [0.1, 0.15) is 99.8 Å². The van der Waals surface area contributed by atoms with Gasteiger partial charge < -0.3 is 44.8 Å². The highest BCUT2D eigenvalue weighted by Crippen LogP contribution is 2.89. The molecular weight excluding hydrogens is 580 g/mol. The van der Waals surface area contributed by atoms with Crippen LogP contribution in [0.5, 0.6) is 0 Å². The van der Waals surface area contributed by atoms with Crippen molar-refractivity contribution in [3.05, 3.63) is 0 Å². The molecule has 0 amide bonds. The number of hydrogen-bond donors (Lipinski definition) is 6. The summed E-state index contributed by atoms with van der Waals surface area (Å²) in [4.78, 5) is 14.8. The van der Waals surface area contributed by atoms with Gasteiger partial charge in [0.05, 0.1) is 24.4 Å². The van der Waals surface area contributed by atoms with Crippen molar-refractivity contribution in [2.45, 2.75) is 154 Å². The Hall–Kier alpha value is -0.690. The summed E-state index contributed by atoms with van der Waals surface area (Å²) in [6.07, 6.45) is -0.222. The molecule has 45 heavy (non-hydrogen) atoms. The van der Waals surface area contributed by atoms with Crippen molar-refractivity contribution < 1.29 is 49.6 Å². The fourth-order valence-electron chi connectivity index (χ4n) is 13.1. The second kappa shape index (κ2) is 9.72. The molecule has 0 aromatic carbocycles. The number of fused-ring (bicyclic) bond motifs is 4. The molecular formula is C35H56O10. The molecule has 0 radical (unpaired) electrons. The van der Waals surface area contributed by atoms with Crippen LogP contribution >= 0.6 is 0 Å². The first-order chi connectivity index (χ1) is 20.7. The molecule has 5 saturated carbocycles. The standard InChI is InChI=1S/C35H56O10/c1-17-14-19(26(39)30(4,5)41)45-35(42)25(17)31(6)12-13-34-16-33(34)11-10-22(44-27-24(38)23(37)18(36)15-43-27)29(2,3)20(33)8-9-21(34)32(31,7)28(35)40/h17-27,36-39,41-42H,8-16H2,1-7H3/t17-,18+,19-,20+,21+,22+,23+,24-,25-,26+,27+,31-,32-,33-,34+,35-/m1/s1. The number of carbonyl (C=O) groups excluding carboxylic acids is 1. The van der Waals surface area contributed by atoms with Gasteiger partial charge in [0.1, 0.15) is 24.4 Å². The van der Waals surface area contributed by atoms with Gasteiger partial charge in [-0.05, 0) is 105 Å². The molecule has 2 saturated heterocycles. The van der Waals surface area contributed by atoms with Crippen LogP contribution in [0.25, 0.3) is 0 Å². The molecule has 6 N–H and O–H groups in total. The summed E-state index contributed by atoms with van der Waals surface area (Å²) in [6.45, 7) is 13.8. The first-order valence-electron chi connectivity index (χ1n) is 17.4. The van der Waals surface area contributed by atoms with Crippen molar-refractivity contribution >= 4 is 5.78 Å². The summed E-state index contributed by atoms with van der Waals surface area (Å²) in [5.74, 6) is -2.28. The van der Waals surface area contributed by atoms with E-state index in [1.165, 1.54) is 13.8 Å². The van der Waals surface area contributed by atoms with Gasteiger partial charge in [0.25, 0.3) is 0 Å². The number of aliphatic hydroxyl groups excluding tert-OH is 4. The average Bonchev–Trinajstić information content (AvgIpc) is 3.59. The molecule has 0 unspecified atom stereocenters. The van der Waals surface area contributed by atoms with Gasteiger partial charge in [-0.3, -0.25) is 4.79 Å². The van der Waals surface area contributed by atoms with Crippen LogP contribution in [-0.2, 0) is 19.0 Å². The lowest BCUT2D eigenvalue weighted by molar-refractivity contribution is -0.304. The van der Waals surface area contributed by atoms with E-state index in [1.54, 1.807) is 0 Å². The zero-order chi connectivity index (χ0) is 32.9. The Morgan fingerprint density at radius 2 is 1.60 bits per heavy atom. The molecule has 0 bridgehead atoms. The number of ether oxygens (including phenoxy) is 3. The Morgan fingerprint density at radius 1 is 0.956 bits per heavy atom. The lowest BCUT2D eigenvalue weighted by atomic mass is 9.41. The minimum Gasteiger partial charge on any atom is -0.388 e. The van der Waals surface area contributed by atoms with E-state index in [0.29, 0.717) is 12.3 Å². The second-order valence-electron chi connectivity index (χ2n) is 18.0. The van der Waals surface area contributed by atoms with E-state index in [9.17, 15) is 35.4 Å². The van der Waals surface area contributed by atoms with E-state index in [0.717, 1.165) is 44.9 Å². The quantitative estimate of drug-likeness (QED) is 0.252. The van der Waals surface area contributed by atoms with Gasteiger partial charge in [-0.25, -0.2) is 0 Å². The molecule has 2 aliphatic heterocycles. The summed E-state index contributed by atoms with van der Waals surface area (Å²) in [5.41, 5.74) is -2.89. The number of Topliss-reactive ketones (excluding diaryl/α,β-unsaturated/α-hetero) is 1. The number of rotatable bonds is 4. The van der Waals surface area contributed by atoms with Crippen LogP contribution < -0.4 is 0 Å². The SMILES string of the molecule is C[C@@H]1C[C@H]([C@H](O)C(C)(C)O)O[C@@]2(O)C(=O)[C@@]3(C)[C@@H]4CC[C@H]5C(C)(C)[C@@H](O[C@@H]6OC[C@H](O)[C@H](O)[C@H]6O)CC[C@@]56C[C@@]46CC[C@]3(C)[C@@H]12. The Labute approximate surface area is 266 Å². The van der Waals surface area contributed by atoms with Crippen LogP contribution in [0.2, 0.25) is 0 Å².